The molecule has 0 aliphatic carbocycles. The molecule has 0 spiro atoms. The zero-order valence-corrected chi connectivity index (χ0v) is 18.9. The lowest BCUT2D eigenvalue weighted by Crippen LogP contribution is -2.41. The van der Waals surface area contributed by atoms with Crippen LogP contribution in [0.3, 0.4) is 0 Å². The third kappa shape index (κ3) is 4.54. The average molecular weight is 468 g/mol. The van der Waals surface area contributed by atoms with Crippen LogP contribution in [0.2, 0.25) is 0 Å². The third-order valence-electron chi connectivity index (χ3n) is 6.08. The van der Waals surface area contributed by atoms with Crippen molar-refractivity contribution in [3.63, 3.8) is 0 Å². The number of carbonyl (C=O) groups excluding carboxylic acids is 1. The second kappa shape index (κ2) is 9.03. The van der Waals surface area contributed by atoms with E-state index in [-0.39, 0.29) is 29.9 Å². The largest absolute Gasteiger partial charge is 0.490 e. The fraction of sp³-hybridized carbons (Fsp3) is 0.320. The molecule has 1 fully saturated rings. The highest BCUT2D eigenvalue weighted by molar-refractivity contribution is 7.89. The first-order valence-electron chi connectivity index (χ1n) is 11.1. The molecular formula is C25H25NO6S. The van der Waals surface area contributed by atoms with Crippen LogP contribution < -0.4 is 14.2 Å². The van der Waals surface area contributed by atoms with Crippen LogP contribution in [-0.4, -0.2) is 45.0 Å². The summed E-state index contributed by atoms with van der Waals surface area (Å²) in [6.07, 6.45) is 1.58. The van der Waals surface area contributed by atoms with Gasteiger partial charge in [-0.25, -0.2) is 8.42 Å². The van der Waals surface area contributed by atoms with E-state index in [0.717, 1.165) is 17.2 Å². The normalized spacial score (nSPS) is 17.5. The van der Waals surface area contributed by atoms with Gasteiger partial charge in [0.05, 0.1) is 24.0 Å². The van der Waals surface area contributed by atoms with Gasteiger partial charge in [0.2, 0.25) is 10.0 Å². The second-order valence-corrected chi connectivity index (χ2v) is 10.2. The summed E-state index contributed by atoms with van der Waals surface area (Å²) in [7, 11) is -3.69. The highest BCUT2D eigenvalue weighted by Crippen LogP contribution is 2.34. The average Bonchev–Trinajstić information content (AvgIpc) is 3.09. The van der Waals surface area contributed by atoms with Gasteiger partial charge in [0.1, 0.15) is 5.75 Å². The SMILES string of the molecule is O=C(Oc1ccc2ccccc2c1)C1CCN(S(=O)(=O)c2ccc3c(c2)OCCCO3)CC1. The molecule has 7 nitrogen and oxygen atoms in total. The van der Waals surface area contributed by atoms with Crippen molar-refractivity contribution < 1.29 is 27.4 Å². The van der Waals surface area contributed by atoms with Crippen molar-refractivity contribution in [3.05, 3.63) is 60.7 Å². The van der Waals surface area contributed by atoms with Crippen molar-refractivity contribution in [2.75, 3.05) is 26.3 Å². The Hall–Kier alpha value is -3.10. The predicted molar refractivity (Wildman–Crippen MR) is 123 cm³/mol. The lowest BCUT2D eigenvalue weighted by molar-refractivity contribution is -0.140. The number of piperidine rings is 1. The van der Waals surface area contributed by atoms with Gasteiger partial charge in [-0.3, -0.25) is 4.79 Å². The van der Waals surface area contributed by atoms with Crippen molar-refractivity contribution in [1.29, 1.82) is 0 Å². The van der Waals surface area contributed by atoms with E-state index < -0.39 is 10.0 Å². The van der Waals surface area contributed by atoms with E-state index >= 15 is 0 Å². The molecule has 2 aliphatic rings. The van der Waals surface area contributed by atoms with Gasteiger partial charge in [0.25, 0.3) is 0 Å². The maximum Gasteiger partial charge on any atom is 0.314 e. The van der Waals surface area contributed by atoms with Crippen molar-refractivity contribution in [2.24, 2.45) is 5.92 Å². The second-order valence-electron chi connectivity index (χ2n) is 8.27. The minimum absolute atomic E-state index is 0.170. The fourth-order valence-electron chi connectivity index (χ4n) is 4.22. The number of ether oxygens (including phenoxy) is 3. The number of esters is 1. The summed E-state index contributed by atoms with van der Waals surface area (Å²) >= 11 is 0. The van der Waals surface area contributed by atoms with E-state index in [1.165, 1.54) is 10.4 Å². The molecule has 0 saturated carbocycles. The summed E-state index contributed by atoms with van der Waals surface area (Å²) in [5.41, 5.74) is 0. The van der Waals surface area contributed by atoms with E-state index in [1.807, 2.05) is 36.4 Å². The smallest absolute Gasteiger partial charge is 0.314 e. The number of nitrogens with zero attached hydrogens (tertiary/aromatic N) is 1. The molecule has 0 atom stereocenters. The van der Waals surface area contributed by atoms with Gasteiger partial charge in [-0.15, -0.1) is 0 Å². The number of hydrogen-bond donors (Lipinski definition) is 0. The molecule has 8 heteroatoms. The van der Waals surface area contributed by atoms with E-state index in [0.29, 0.717) is 43.3 Å². The lowest BCUT2D eigenvalue weighted by Gasteiger charge is -2.30. The minimum atomic E-state index is -3.69. The van der Waals surface area contributed by atoms with Gasteiger partial charge in [-0.1, -0.05) is 30.3 Å². The van der Waals surface area contributed by atoms with Crippen LogP contribution in [-0.2, 0) is 14.8 Å². The Morgan fingerprint density at radius 2 is 1.61 bits per heavy atom. The highest BCUT2D eigenvalue weighted by atomic mass is 32.2. The Labute approximate surface area is 192 Å². The van der Waals surface area contributed by atoms with Crippen LogP contribution in [0.1, 0.15) is 19.3 Å². The van der Waals surface area contributed by atoms with E-state index in [4.69, 9.17) is 14.2 Å². The molecule has 1 saturated heterocycles. The molecule has 0 amide bonds. The molecule has 172 valence electrons. The van der Waals surface area contributed by atoms with E-state index in [1.54, 1.807) is 18.2 Å². The number of sulfonamides is 1. The minimum Gasteiger partial charge on any atom is -0.490 e. The molecule has 0 unspecified atom stereocenters. The Morgan fingerprint density at radius 3 is 2.39 bits per heavy atom. The maximum absolute atomic E-state index is 13.2. The van der Waals surface area contributed by atoms with Crippen LogP contribution in [0.15, 0.2) is 65.6 Å². The van der Waals surface area contributed by atoms with Crippen molar-refractivity contribution in [3.8, 4) is 17.2 Å². The van der Waals surface area contributed by atoms with Crippen LogP contribution in [0.4, 0.5) is 0 Å². The molecule has 33 heavy (non-hydrogen) atoms. The van der Waals surface area contributed by atoms with Crippen LogP contribution in [0.5, 0.6) is 17.2 Å². The van der Waals surface area contributed by atoms with Gasteiger partial charge in [-0.2, -0.15) is 4.31 Å². The number of hydrogen-bond acceptors (Lipinski definition) is 6. The van der Waals surface area contributed by atoms with Gasteiger partial charge in [0.15, 0.2) is 11.5 Å². The lowest BCUT2D eigenvalue weighted by atomic mass is 9.98. The Kier molecular flexibility index (Phi) is 5.95. The summed E-state index contributed by atoms with van der Waals surface area (Å²) < 4.78 is 44.6. The number of benzene rings is 3. The molecule has 0 N–H and O–H groups in total. The Balaban J connectivity index is 1.23. The summed E-state index contributed by atoms with van der Waals surface area (Å²) in [5, 5.41) is 2.07. The highest BCUT2D eigenvalue weighted by Gasteiger charge is 2.33. The summed E-state index contributed by atoms with van der Waals surface area (Å²) in [6, 6.07) is 18.1. The van der Waals surface area contributed by atoms with E-state index in [9.17, 15) is 13.2 Å². The molecule has 0 aromatic heterocycles. The molecule has 3 aromatic rings. The third-order valence-corrected chi connectivity index (χ3v) is 7.98. The maximum atomic E-state index is 13.2. The van der Waals surface area contributed by atoms with Crippen LogP contribution in [0.25, 0.3) is 10.8 Å². The van der Waals surface area contributed by atoms with Gasteiger partial charge in [0, 0.05) is 25.6 Å². The number of fused-ring (bicyclic) bond motifs is 2. The standard InChI is InChI=1S/C25H25NO6S/c27-25(32-21-7-6-18-4-1-2-5-20(18)16-21)19-10-12-26(13-11-19)33(28,29)22-8-9-23-24(17-22)31-15-3-14-30-23/h1-2,4-9,16-17,19H,3,10-15H2. The topological polar surface area (TPSA) is 82.1 Å². The quantitative estimate of drug-likeness (QED) is 0.426. The molecular weight excluding hydrogens is 442 g/mol. The molecule has 3 aromatic carbocycles. The Bertz CT molecular complexity index is 1280. The molecule has 0 radical (unpaired) electrons. The van der Waals surface area contributed by atoms with Crippen molar-refractivity contribution in [2.45, 2.75) is 24.2 Å². The van der Waals surface area contributed by atoms with Crippen molar-refractivity contribution >= 4 is 26.8 Å². The van der Waals surface area contributed by atoms with E-state index in [2.05, 4.69) is 0 Å². The van der Waals surface area contributed by atoms with Gasteiger partial charge < -0.3 is 14.2 Å². The Morgan fingerprint density at radius 1 is 0.879 bits per heavy atom. The summed E-state index contributed by atoms with van der Waals surface area (Å²) in [4.78, 5) is 12.9. The van der Waals surface area contributed by atoms with Crippen LogP contribution in [0, 0.1) is 5.92 Å². The fourth-order valence-corrected chi connectivity index (χ4v) is 5.70. The molecule has 5 rings (SSSR count). The number of carbonyl (C=O) groups is 1. The predicted octanol–water partition coefficient (Wildman–Crippen LogP) is 4.01. The first-order chi connectivity index (χ1) is 16.0. The summed E-state index contributed by atoms with van der Waals surface area (Å²) in [6.45, 7) is 1.55. The summed E-state index contributed by atoms with van der Waals surface area (Å²) in [5.74, 6) is 0.842. The van der Waals surface area contributed by atoms with Crippen molar-refractivity contribution in [1.82, 2.24) is 4.31 Å². The molecule has 2 heterocycles. The first kappa shape index (κ1) is 21.7. The monoisotopic (exact) mass is 467 g/mol. The van der Waals surface area contributed by atoms with Crippen LogP contribution >= 0.6 is 0 Å². The zero-order valence-electron chi connectivity index (χ0n) is 18.1. The van der Waals surface area contributed by atoms with Gasteiger partial charge >= 0.3 is 5.97 Å². The van der Waals surface area contributed by atoms with Gasteiger partial charge in [-0.05, 0) is 47.9 Å². The number of rotatable bonds is 4. The molecule has 0 bridgehead atoms. The molecule has 2 aliphatic heterocycles. The first-order valence-corrected chi connectivity index (χ1v) is 12.5. The zero-order chi connectivity index (χ0) is 22.8.